The van der Waals surface area contributed by atoms with Gasteiger partial charge in [0.2, 0.25) is 0 Å². The number of pyridine rings is 1. The molecule has 126 valence electrons. The molecular formula is C20H25N3O. The highest BCUT2D eigenvalue weighted by Gasteiger charge is 2.23. The molecule has 0 saturated carbocycles. The van der Waals surface area contributed by atoms with Gasteiger partial charge in [-0.25, -0.2) is 0 Å². The van der Waals surface area contributed by atoms with Gasteiger partial charge in [-0.05, 0) is 50.6 Å². The van der Waals surface area contributed by atoms with Crippen LogP contribution in [0.3, 0.4) is 0 Å². The average Bonchev–Trinajstić information content (AvgIpc) is 2.89. The zero-order valence-corrected chi connectivity index (χ0v) is 14.3. The van der Waals surface area contributed by atoms with Crippen LogP contribution in [0.5, 0.6) is 0 Å². The summed E-state index contributed by atoms with van der Waals surface area (Å²) >= 11 is 0. The molecule has 0 spiro atoms. The van der Waals surface area contributed by atoms with Gasteiger partial charge in [0.25, 0.3) is 5.91 Å². The number of aromatic nitrogens is 1. The third-order valence-electron chi connectivity index (χ3n) is 4.77. The van der Waals surface area contributed by atoms with Crippen molar-refractivity contribution in [3.63, 3.8) is 0 Å². The van der Waals surface area contributed by atoms with Crippen molar-refractivity contribution >= 4 is 5.91 Å². The Labute approximate surface area is 144 Å². The molecule has 1 saturated heterocycles. The van der Waals surface area contributed by atoms with Gasteiger partial charge in [-0.2, -0.15) is 0 Å². The SMILES string of the molecule is CN(Cc1ccccn1)[C@H]1CCCN(C(=O)c2ccccc2)CC1. The summed E-state index contributed by atoms with van der Waals surface area (Å²) in [7, 11) is 2.16. The molecule has 1 aliphatic heterocycles. The lowest BCUT2D eigenvalue weighted by molar-refractivity contribution is 0.0757. The number of nitrogens with zero attached hydrogens (tertiary/aromatic N) is 3. The van der Waals surface area contributed by atoms with Crippen LogP contribution < -0.4 is 0 Å². The Morgan fingerprint density at radius 1 is 1.12 bits per heavy atom. The fraction of sp³-hybridized carbons (Fsp3) is 0.400. The molecule has 4 nitrogen and oxygen atoms in total. The van der Waals surface area contributed by atoms with Crippen molar-refractivity contribution in [1.82, 2.24) is 14.8 Å². The van der Waals surface area contributed by atoms with Gasteiger partial charge in [0, 0.05) is 37.4 Å². The summed E-state index contributed by atoms with van der Waals surface area (Å²) < 4.78 is 0. The maximum atomic E-state index is 12.6. The molecule has 1 aromatic carbocycles. The van der Waals surface area contributed by atoms with E-state index in [1.807, 2.05) is 53.6 Å². The van der Waals surface area contributed by atoms with Gasteiger partial charge in [0.15, 0.2) is 0 Å². The van der Waals surface area contributed by atoms with Crippen LogP contribution in [0.1, 0.15) is 35.3 Å². The quantitative estimate of drug-likeness (QED) is 0.867. The van der Waals surface area contributed by atoms with Crippen molar-refractivity contribution in [3.05, 3.63) is 66.0 Å². The molecule has 1 aliphatic rings. The second kappa shape index (κ2) is 8.06. The summed E-state index contributed by atoms with van der Waals surface area (Å²) in [4.78, 5) is 21.4. The summed E-state index contributed by atoms with van der Waals surface area (Å²) in [6.45, 7) is 2.53. The fourth-order valence-corrected chi connectivity index (χ4v) is 3.36. The zero-order chi connectivity index (χ0) is 16.8. The molecule has 4 heteroatoms. The number of carbonyl (C=O) groups is 1. The molecule has 0 aliphatic carbocycles. The molecule has 0 unspecified atom stereocenters. The molecule has 1 amide bonds. The lowest BCUT2D eigenvalue weighted by atomic mass is 10.1. The van der Waals surface area contributed by atoms with Crippen molar-refractivity contribution in [2.75, 3.05) is 20.1 Å². The van der Waals surface area contributed by atoms with Crippen LogP contribution in [0, 0.1) is 0 Å². The number of rotatable bonds is 4. The first-order chi connectivity index (χ1) is 11.7. The predicted molar refractivity (Wildman–Crippen MR) is 95.7 cm³/mol. The van der Waals surface area contributed by atoms with E-state index in [0.29, 0.717) is 6.04 Å². The van der Waals surface area contributed by atoms with Crippen LogP contribution in [0.2, 0.25) is 0 Å². The van der Waals surface area contributed by atoms with E-state index in [4.69, 9.17) is 0 Å². The number of carbonyl (C=O) groups excluding carboxylic acids is 1. The van der Waals surface area contributed by atoms with Crippen molar-refractivity contribution in [2.45, 2.75) is 31.8 Å². The Morgan fingerprint density at radius 2 is 1.92 bits per heavy atom. The van der Waals surface area contributed by atoms with Crippen molar-refractivity contribution in [1.29, 1.82) is 0 Å². The number of likely N-dealkylation sites (tertiary alicyclic amines) is 1. The van der Waals surface area contributed by atoms with Crippen LogP contribution in [0.25, 0.3) is 0 Å². The normalized spacial score (nSPS) is 18.4. The molecule has 0 radical (unpaired) electrons. The highest BCUT2D eigenvalue weighted by atomic mass is 16.2. The third kappa shape index (κ3) is 4.20. The van der Waals surface area contributed by atoms with Crippen LogP contribution in [-0.2, 0) is 6.54 Å². The van der Waals surface area contributed by atoms with E-state index in [0.717, 1.165) is 50.2 Å². The van der Waals surface area contributed by atoms with Crippen molar-refractivity contribution < 1.29 is 4.79 Å². The van der Waals surface area contributed by atoms with Gasteiger partial charge in [0.1, 0.15) is 0 Å². The van der Waals surface area contributed by atoms with Crippen molar-refractivity contribution in [2.24, 2.45) is 0 Å². The number of benzene rings is 1. The van der Waals surface area contributed by atoms with Crippen LogP contribution >= 0.6 is 0 Å². The first-order valence-corrected chi connectivity index (χ1v) is 8.68. The summed E-state index contributed by atoms with van der Waals surface area (Å²) in [5, 5.41) is 0. The Bertz CT molecular complexity index is 644. The molecule has 24 heavy (non-hydrogen) atoms. The Kier molecular flexibility index (Phi) is 5.59. The van der Waals surface area contributed by atoms with Gasteiger partial charge in [0.05, 0.1) is 5.69 Å². The second-order valence-electron chi connectivity index (χ2n) is 6.48. The molecule has 1 atom stereocenters. The van der Waals surface area contributed by atoms with Crippen LogP contribution in [0.15, 0.2) is 54.7 Å². The summed E-state index contributed by atoms with van der Waals surface area (Å²) in [5.41, 5.74) is 1.89. The highest BCUT2D eigenvalue weighted by molar-refractivity contribution is 5.94. The van der Waals surface area contributed by atoms with E-state index in [1.54, 1.807) is 0 Å². The Balaban J connectivity index is 1.57. The predicted octanol–water partition coefficient (Wildman–Crippen LogP) is 3.21. The smallest absolute Gasteiger partial charge is 0.253 e. The molecule has 0 N–H and O–H groups in total. The molecule has 2 aromatic rings. The molecule has 0 bridgehead atoms. The van der Waals surface area contributed by atoms with Crippen molar-refractivity contribution in [3.8, 4) is 0 Å². The molecule has 1 fully saturated rings. The van der Waals surface area contributed by atoms with E-state index in [9.17, 15) is 4.79 Å². The van der Waals surface area contributed by atoms with E-state index < -0.39 is 0 Å². The monoisotopic (exact) mass is 323 g/mol. The van der Waals surface area contributed by atoms with E-state index >= 15 is 0 Å². The number of hydrogen-bond acceptors (Lipinski definition) is 3. The van der Waals surface area contributed by atoms with E-state index in [-0.39, 0.29) is 5.91 Å². The molecule has 3 rings (SSSR count). The minimum absolute atomic E-state index is 0.156. The van der Waals surface area contributed by atoms with Crippen LogP contribution in [0.4, 0.5) is 0 Å². The zero-order valence-electron chi connectivity index (χ0n) is 14.3. The largest absolute Gasteiger partial charge is 0.339 e. The highest BCUT2D eigenvalue weighted by Crippen LogP contribution is 2.19. The fourth-order valence-electron chi connectivity index (χ4n) is 3.36. The summed E-state index contributed by atoms with van der Waals surface area (Å²) in [6, 6.07) is 16.1. The second-order valence-corrected chi connectivity index (χ2v) is 6.48. The van der Waals surface area contributed by atoms with Crippen LogP contribution in [-0.4, -0.2) is 46.9 Å². The van der Waals surface area contributed by atoms with E-state index in [1.165, 1.54) is 0 Å². The molecule has 1 aromatic heterocycles. The average molecular weight is 323 g/mol. The first kappa shape index (κ1) is 16.7. The molecule has 2 heterocycles. The van der Waals surface area contributed by atoms with Gasteiger partial charge in [-0.1, -0.05) is 24.3 Å². The standard InChI is InChI=1S/C20H25N3O/c1-22(16-18-10-5-6-13-21-18)19-11-7-14-23(15-12-19)20(24)17-8-3-2-4-9-17/h2-6,8-10,13,19H,7,11-12,14-16H2,1H3/t19-/m0/s1. The first-order valence-electron chi connectivity index (χ1n) is 8.68. The lowest BCUT2D eigenvalue weighted by Gasteiger charge is -2.27. The summed E-state index contributed by atoms with van der Waals surface area (Å²) in [6.07, 6.45) is 5.04. The van der Waals surface area contributed by atoms with E-state index in [2.05, 4.69) is 23.0 Å². The lowest BCUT2D eigenvalue weighted by Crippen LogP contribution is -2.35. The number of amides is 1. The molecular weight excluding hydrogens is 298 g/mol. The maximum Gasteiger partial charge on any atom is 0.253 e. The van der Waals surface area contributed by atoms with Gasteiger partial charge in [-0.15, -0.1) is 0 Å². The summed E-state index contributed by atoms with van der Waals surface area (Å²) in [5.74, 6) is 0.156. The van der Waals surface area contributed by atoms with Gasteiger partial charge in [-0.3, -0.25) is 14.7 Å². The Hall–Kier alpha value is -2.20. The van der Waals surface area contributed by atoms with Gasteiger partial charge >= 0.3 is 0 Å². The minimum Gasteiger partial charge on any atom is -0.339 e. The maximum absolute atomic E-state index is 12.6. The topological polar surface area (TPSA) is 36.4 Å². The third-order valence-corrected chi connectivity index (χ3v) is 4.77. The minimum atomic E-state index is 0.156. The number of hydrogen-bond donors (Lipinski definition) is 0. The van der Waals surface area contributed by atoms with Gasteiger partial charge < -0.3 is 4.90 Å². The Morgan fingerprint density at radius 3 is 2.67 bits per heavy atom.